The Bertz CT molecular complexity index is 601. The molecule has 3 heteroatoms. The van der Waals surface area contributed by atoms with Gasteiger partial charge in [-0.25, -0.2) is 4.39 Å². The van der Waals surface area contributed by atoms with Crippen molar-refractivity contribution in [2.24, 2.45) is 0 Å². The molecular weight excluding hydrogens is 251 g/mol. The van der Waals surface area contributed by atoms with E-state index < -0.39 is 0 Å². The SMILES string of the molecule is CNc1ccc(/C=C/c2ccc(N(C)C)cc2)cc1F. The number of rotatable bonds is 4. The molecule has 0 amide bonds. The maximum atomic E-state index is 13.6. The van der Waals surface area contributed by atoms with Gasteiger partial charge >= 0.3 is 0 Å². The smallest absolute Gasteiger partial charge is 0.146 e. The standard InChI is InChI=1S/C17H19FN2/c1-19-17-11-8-14(12-16(17)18)5-4-13-6-9-15(10-7-13)20(2)3/h4-12,19H,1-3H3/b5-4+. The van der Waals surface area contributed by atoms with Crippen LogP contribution in [0.15, 0.2) is 42.5 Å². The highest BCUT2D eigenvalue weighted by Crippen LogP contribution is 2.18. The Morgan fingerprint density at radius 3 is 2.10 bits per heavy atom. The molecule has 2 aromatic rings. The molecule has 0 unspecified atom stereocenters. The van der Waals surface area contributed by atoms with E-state index in [1.165, 1.54) is 6.07 Å². The van der Waals surface area contributed by atoms with Crippen LogP contribution in [0.25, 0.3) is 12.2 Å². The van der Waals surface area contributed by atoms with E-state index in [4.69, 9.17) is 0 Å². The van der Waals surface area contributed by atoms with Gasteiger partial charge in [-0.15, -0.1) is 0 Å². The van der Waals surface area contributed by atoms with E-state index in [0.29, 0.717) is 5.69 Å². The number of hydrogen-bond acceptors (Lipinski definition) is 2. The van der Waals surface area contributed by atoms with Crippen molar-refractivity contribution in [1.82, 2.24) is 0 Å². The van der Waals surface area contributed by atoms with Crippen molar-refractivity contribution in [3.8, 4) is 0 Å². The highest BCUT2D eigenvalue weighted by molar-refractivity contribution is 5.71. The molecule has 0 atom stereocenters. The number of anilines is 2. The fourth-order valence-electron chi connectivity index (χ4n) is 1.91. The Morgan fingerprint density at radius 1 is 0.950 bits per heavy atom. The molecule has 104 valence electrons. The lowest BCUT2D eigenvalue weighted by Crippen LogP contribution is -2.07. The predicted molar refractivity (Wildman–Crippen MR) is 85.6 cm³/mol. The summed E-state index contributed by atoms with van der Waals surface area (Å²) in [5.74, 6) is -0.238. The van der Waals surface area contributed by atoms with E-state index in [0.717, 1.165) is 16.8 Å². The van der Waals surface area contributed by atoms with Crippen molar-refractivity contribution in [3.63, 3.8) is 0 Å². The Morgan fingerprint density at radius 2 is 1.55 bits per heavy atom. The van der Waals surface area contributed by atoms with Crippen LogP contribution in [-0.2, 0) is 0 Å². The van der Waals surface area contributed by atoms with Crippen LogP contribution in [-0.4, -0.2) is 21.1 Å². The second-order valence-corrected chi connectivity index (χ2v) is 4.81. The first kappa shape index (κ1) is 14.1. The minimum atomic E-state index is -0.238. The third-order valence-corrected chi connectivity index (χ3v) is 3.14. The zero-order valence-electron chi connectivity index (χ0n) is 12.0. The molecule has 1 N–H and O–H groups in total. The first-order valence-corrected chi connectivity index (χ1v) is 6.53. The summed E-state index contributed by atoms with van der Waals surface area (Å²) in [4.78, 5) is 2.05. The summed E-state index contributed by atoms with van der Waals surface area (Å²) in [5.41, 5.74) is 3.61. The topological polar surface area (TPSA) is 15.3 Å². The molecule has 0 saturated heterocycles. The third-order valence-electron chi connectivity index (χ3n) is 3.14. The Kier molecular flexibility index (Phi) is 4.41. The Labute approximate surface area is 119 Å². The van der Waals surface area contributed by atoms with E-state index in [1.807, 2.05) is 44.4 Å². The molecule has 0 saturated carbocycles. The number of hydrogen-bond donors (Lipinski definition) is 1. The van der Waals surface area contributed by atoms with Crippen LogP contribution >= 0.6 is 0 Å². The van der Waals surface area contributed by atoms with Crippen molar-refractivity contribution in [2.45, 2.75) is 0 Å². The third kappa shape index (κ3) is 3.38. The molecule has 0 aliphatic heterocycles. The van der Waals surface area contributed by atoms with Gasteiger partial charge in [-0.05, 0) is 35.4 Å². The largest absolute Gasteiger partial charge is 0.386 e. The van der Waals surface area contributed by atoms with Crippen LogP contribution in [0.2, 0.25) is 0 Å². The van der Waals surface area contributed by atoms with Crippen molar-refractivity contribution in [3.05, 3.63) is 59.4 Å². The summed E-state index contributed by atoms with van der Waals surface area (Å²) in [6.07, 6.45) is 3.89. The zero-order chi connectivity index (χ0) is 14.5. The first-order chi connectivity index (χ1) is 9.60. The van der Waals surface area contributed by atoms with Gasteiger partial charge in [0.05, 0.1) is 5.69 Å². The van der Waals surface area contributed by atoms with E-state index in [2.05, 4.69) is 22.3 Å². The average molecular weight is 270 g/mol. The molecule has 0 aromatic heterocycles. The van der Waals surface area contributed by atoms with Gasteiger partial charge in [0.2, 0.25) is 0 Å². The highest BCUT2D eigenvalue weighted by Gasteiger charge is 1.99. The van der Waals surface area contributed by atoms with Crippen LogP contribution in [0, 0.1) is 5.82 Å². The number of halogens is 1. The van der Waals surface area contributed by atoms with Crippen molar-refractivity contribution in [1.29, 1.82) is 0 Å². The Hall–Kier alpha value is -2.29. The van der Waals surface area contributed by atoms with Crippen molar-refractivity contribution >= 4 is 23.5 Å². The molecule has 0 spiro atoms. The summed E-state index contributed by atoms with van der Waals surface area (Å²) in [7, 11) is 5.73. The maximum absolute atomic E-state index is 13.6. The summed E-state index contributed by atoms with van der Waals surface area (Å²) in [6.45, 7) is 0. The zero-order valence-corrected chi connectivity index (χ0v) is 12.0. The number of nitrogens with zero attached hydrogens (tertiary/aromatic N) is 1. The van der Waals surface area contributed by atoms with Gasteiger partial charge in [0.1, 0.15) is 5.82 Å². The lowest BCUT2D eigenvalue weighted by molar-refractivity contribution is 0.631. The molecule has 2 nitrogen and oxygen atoms in total. The summed E-state index contributed by atoms with van der Waals surface area (Å²) < 4.78 is 13.6. The van der Waals surface area contributed by atoms with Crippen LogP contribution in [0.3, 0.4) is 0 Å². The molecule has 0 fully saturated rings. The van der Waals surface area contributed by atoms with Crippen LogP contribution in [0.5, 0.6) is 0 Å². The molecular formula is C17H19FN2. The second-order valence-electron chi connectivity index (χ2n) is 4.81. The monoisotopic (exact) mass is 270 g/mol. The highest BCUT2D eigenvalue weighted by atomic mass is 19.1. The molecule has 2 aromatic carbocycles. The van der Waals surface area contributed by atoms with E-state index in [-0.39, 0.29) is 5.82 Å². The Balaban J connectivity index is 2.14. The quantitative estimate of drug-likeness (QED) is 0.841. The maximum Gasteiger partial charge on any atom is 0.146 e. The van der Waals surface area contributed by atoms with Crippen LogP contribution in [0.1, 0.15) is 11.1 Å². The van der Waals surface area contributed by atoms with Gasteiger partial charge in [0.25, 0.3) is 0 Å². The van der Waals surface area contributed by atoms with E-state index >= 15 is 0 Å². The second kappa shape index (κ2) is 6.24. The first-order valence-electron chi connectivity index (χ1n) is 6.53. The molecule has 0 bridgehead atoms. The summed E-state index contributed by atoms with van der Waals surface area (Å²) >= 11 is 0. The van der Waals surface area contributed by atoms with Crippen LogP contribution < -0.4 is 10.2 Å². The number of benzene rings is 2. The van der Waals surface area contributed by atoms with Gasteiger partial charge in [-0.3, -0.25) is 0 Å². The average Bonchev–Trinajstić information content (AvgIpc) is 2.45. The van der Waals surface area contributed by atoms with Crippen molar-refractivity contribution in [2.75, 3.05) is 31.4 Å². The van der Waals surface area contributed by atoms with Gasteiger partial charge < -0.3 is 10.2 Å². The van der Waals surface area contributed by atoms with E-state index in [9.17, 15) is 4.39 Å². The van der Waals surface area contributed by atoms with Crippen LogP contribution in [0.4, 0.5) is 15.8 Å². The van der Waals surface area contributed by atoms with Gasteiger partial charge in [-0.2, -0.15) is 0 Å². The minimum Gasteiger partial charge on any atom is -0.386 e. The molecule has 0 aliphatic rings. The molecule has 0 radical (unpaired) electrons. The molecule has 0 aliphatic carbocycles. The lowest BCUT2D eigenvalue weighted by Gasteiger charge is -2.11. The minimum absolute atomic E-state index is 0.238. The lowest BCUT2D eigenvalue weighted by atomic mass is 10.1. The van der Waals surface area contributed by atoms with E-state index in [1.54, 1.807) is 13.1 Å². The van der Waals surface area contributed by atoms with Gasteiger partial charge in [0, 0.05) is 26.8 Å². The van der Waals surface area contributed by atoms with Crippen molar-refractivity contribution < 1.29 is 4.39 Å². The summed E-state index contributed by atoms with van der Waals surface area (Å²) in [5, 5.41) is 2.81. The molecule has 2 rings (SSSR count). The molecule has 20 heavy (non-hydrogen) atoms. The normalized spacial score (nSPS) is 10.8. The summed E-state index contributed by atoms with van der Waals surface area (Å²) in [6, 6.07) is 13.4. The van der Waals surface area contributed by atoms with Gasteiger partial charge in [-0.1, -0.05) is 30.4 Å². The number of nitrogens with one attached hydrogen (secondary N) is 1. The van der Waals surface area contributed by atoms with Gasteiger partial charge in [0.15, 0.2) is 0 Å². The fourth-order valence-corrected chi connectivity index (χ4v) is 1.91. The fraction of sp³-hybridized carbons (Fsp3) is 0.176. The predicted octanol–water partition coefficient (Wildman–Crippen LogP) is 4.10. The molecule has 0 heterocycles.